The summed E-state index contributed by atoms with van der Waals surface area (Å²) in [4.78, 5) is 24.2. The van der Waals surface area contributed by atoms with Crippen LogP contribution in [0.25, 0.3) is 0 Å². The fourth-order valence-electron chi connectivity index (χ4n) is 4.31. The third kappa shape index (κ3) is 5.16. The van der Waals surface area contributed by atoms with Crippen LogP contribution >= 0.6 is 0 Å². The first-order chi connectivity index (χ1) is 15.9. The lowest BCUT2D eigenvalue weighted by Crippen LogP contribution is -2.53. The summed E-state index contributed by atoms with van der Waals surface area (Å²) in [6.07, 6.45) is -2.35. The van der Waals surface area contributed by atoms with E-state index in [1.165, 1.54) is 6.07 Å². The molecule has 4 rings (SSSR count). The molecule has 0 spiro atoms. The number of alkyl halides is 3. The highest BCUT2D eigenvalue weighted by atomic mass is 32.2. The largest absolute Gasteiger partial charge is 0.419 e. The number of anilines is 1. The lowest BCUT2D eigenvalue weighted by molar-refractivity contribution is -0.139. The average Bonchev–Trinajstić information content (AvgIpc) is 2.79. The van der Waals surface area contributed by atoms with Gasteiger partial charge in [-0.1, -0.05) is 6.07 Å². The van der Waals surface area contributed by atoms with Crippen LogP contribution in [-0.4, -0.2) is 62.0 Å². The summed E-state index contributed by atoms with van der Waals surface area (Å²) in [6, 6.07) is 2.66. The number of amides is 1. The number of carbonyl (C=O) groups excluding carboxylic acids is 1. The summed E-state index contributed by atoms with van der Waals surface area (Å²) in [7, 11) is -2.18. The first kappa shape index (κ1) is 24.4. The molecule has 3 heterocycles. The second-order valence-electron chi connectivity index (χ2n) is 8.58. The number of benzene rings is 1. The van der Waals surface area contributed by atoms with E-state index in [2.05, 4.69) is 15.8 Å². The molecule has 1 unspecified atom stereocenters. The molecule has 1 atom stereocenters. The summed E-state index contributed by atoms with van der Waals surface area (Å²) in [5.41, 5.74) is -0.637. The molecular formula is C22H23F5N4O2S. The topological polar surface area (TPSA) is 66.4 Å². The van der Waals surface area contributed by atoms with Crippen molar-refractivity contribution in [3.05, 3.63) is 53.4 Å². The molecule has 184 valence electrons. The van der Waals surface area contributed by atoms with Gasteiger partial charge in [-0.25, -0.2) is 18.7 Å². The van der Waals surface area contributed by atoms with E-state index < -0.39 is 38.9 Å². The van der Waals surface area contributed by atoms with Crippen molar-refractivity contribution in [2.75, 3.05) is 36.0 Å². The van der Waals surface area contributed by atoms with Crippen molar-refractivity contribution in [1.29, 1.82) is 0 Å². The third-order valence-corrected chi connectivity index (χ3v) is 8.23. The van der Waals surface area contributed by atoms with E-state index in [-0.39, 0.29) is 37.4 Å². The summed E-state index contributed by atoms with van der Waals surface area (Å²) >= 11 is 0. The van der Waals surface area contributed by atoms with Gasteiger partial charge in [-0.3, -0.25) is 9.00 Å². The lowest BCUT2D eigenvalue weighted by Gasteiger charge is -2.43. The van der Waals surface area contributed by atoms with Crippen molar-refractivity contribution in [1.82, 2.24) is 14.9 Å². The van der Waals surface area contributed by atoms with Gasteiger partial charge < -0.3 is 9.80 Å². The maximum atomic E-state index is 14.0. The van der Waals surface area contributed by atoms with E-state index in [0.717, 1.165) is 12.1 Å². The summed E-state index contributed by atoms with van der Waals surface area (Å²) in [6.45, 7) is 0.514. The molecule has 2 aliphatic heterocycles. The second kappa shape index (κ2) is 9.12. The first-order valence-electron chi connectivity index (χ1n) is 10.7. The highest BCUT2D eigenvalue weighted by molar-refractivity contribution is 8.00. The smallest absolute Gasteiger partial charge is 0.337 e. The van der Waals surface area contributed by atoms with E-state index in [1.54, 1.807) is 9.80 Å². The minimum Gasteiger partial charge on any atom is -0.337 e. The Morgan fingerprint density at radius 3 is 2.29 bits per heavy atom. The number of hydrogen-bond donors (Lipinski definition) is 0. The van der Waals surface area contributed by atoms with Crippen LogP contribution < -0.4 is 4.90 Å². The van der Waals surface area contributed by atoms with Crippen molar-refractivity contribution in [2.24, 2.45) is 5.92 Å². The van der Waals surface area contributed by atoms with Crippen LogP contribution in [-0.2, 0) is 20.5 Å². The zero-order valence-corrected chi connectivity index (χ0v) is 18.9. The van der Waals surface area contributed by atoms with Gasteiger partial charge in [0.15, 0.2) is 11.6 Å². The molecule has 6 nitrogen and oxygen atoms in total. The second-order valence-corrected chi connectivity index (χ2v) is 11.3. The van der Waals surface area contributed by atoms with Crippen molar-refractivity contribution >= 4 is 27.2 Å². The van der Waals surface area contributed by atoms with Gasteiger partial charge in [0.25, 0.3) is 0 Å². The lowest BCUT2D eigenvalue weighted by atomic mass is 9.96. The molecule has 0 bridgehead atoms. The molecular weight excluding hydrogens is 479 g/mol. The molecule has 34 heavy (non-hydrogen) atoms. The summed E-state index contributed by atoms with van der Waals surface area (Å²) in [5, 5.41) is 0. The van der Waals surface area contributed by atoms with Crippen LogP contribution in [0.3, 0.4) is 0 Å². The molecule has 2 fully saturated rings. The standard InChI is InChI=1S/C22H23F5N4O2S/c1-34(33)8-4-14(5-9-34)20(32)31-7-6-30(21-28-11-16(12-29-21)22(25,26)27)13-19(31)15-2-3-17(23)18(24)10-15/h2-3,10-12,14,19H,1,4-9,13H2. The fraction of sp³-hybridized carbons (Fsp3) is 0.455. The highest BCUT2D eigenvalue weighted by Gasteiger charge is 2.38. The molecule has 0 aliphatic carbocycles. The predicted octanol–water partition coefficient (Wildman–Crippen LogP) is 3.29. The fourth-order valence-corrected chi connectivity index (χ4v) is 5.94. The number of aromatic nitrogens is 2. The van der Waals surface area contributed by atoms with Gasteiger partial charge in [-0.05, 0) is 45.9 Å². The maximum absolute atomic E-state index is 14.0. The van der Waals surface area contributed by atoms with Gasteiger partial charge in [-0.15, -0.1) is 0 Å². The number of nitrogens with zero attached hydrogens (tertiary/aromatic N) is 4. The highest BCUT2D eigenvalue weighted by Crippen LogP contribution is 2.33. The molecule has 1 amide bonds. The van der Waals surface area contributed by atoms with Crippen molar-refractivity contribution in [2.45, 2.75) is 25.1 Å². The van der Waals surface area contributed by atoms with Crippen LogP contribution in [0.1, 0.15) is 30.0 Å². The molecule has 0 saturated carbocycles. The van der Waals surface area contributed by atoms with Crippen LogP contribution in [0, 0.1) is 17.6 Å². The van der Waals surface area contributed by atoms with Crippen molar-refractivity contribution in [3.8, 4) is 0 Å². The summed E-state index contributed by atoms with van der Waals surface area (Å²) < 4.78 is 78.3. The Kier molecular flexibility index (Phi) is 6.54. The molecule has 0 N–H and O–H groups in total. The third-order valence-electron chi connectivity index (χ3n) is 6.27. The number of hydrogen-bond acceptors (Lipinski definition) is 5. The van der Waals surface area contributed by atoms with Gasteiger partial charge in [0, 0.05) is 49.5 Å². The van der Waals surface area contributed by atoms with E-state index in [9.17, 15) is 31.0 Å². The Labute approximate surface area is 193 Å². The molecule has 0 radical (unpaired) electrons. The normalized spacial score (nSPS) is 25.9. The number of halogens is 5. The Hall–Kier alpha value is -2.76. The van der Waals surface area contributed by atoms with Crippen molar-refractivity contribution < 1.29 is 31.0 Å². The average molecular weight is 503 g/mol. The number of piperazine rings is 1. The van der Waals surface area contributed by atoms with Gasteiger partial charge in [0.05, 0.1) is 11.6 Å². The van der Waals surface area contributed by atoms with Crippen LogP contribution in [0.5, 0.6) is 0 Å². The van der Waals surface area contributed by atoms with Crippen LogP contribution in [0.2, 0.25) is 0 Å². The monoisotopic (exact) mass is 502 g/mol. The predicted molar refractivity (Wildman–Crippen MR) is 118 cm³/mol. The van der Waals surface area contributed by atoms with Crippen LogP contribution in [0.4, 0.5) is 27.9 Å². The summed E-state index contributed by atoms with van der Waals surface area (Å²) in [5.74, 6) is 1.81. The zero-order chi connectivity index (χ0) is 24.7. The quantitative estimate of drug-likeness (QED) is 0.476. The minimum absolute atomic E-state index is 0.0437. The van der Waals surface area contributed by atoms with Gasteiger partial charge in [0.1, 0.15) is 0 Å². The SMILES string of the molecule is C=S1(=O)CCC(C(=O)N2CCN(c3ncc(C(F)(F)F)cn3)CC2c2ccc(F)c(F)c2)CC1. The van der Waals surface area contributed by atoms with Crippen molar-refractivity contribution in [3.63, 3.8) is 0 Å². The van der Waals surface area contributed by atoms with Gasteiger partial charge in [0.2, 0.25) is 11.9 Å². The van der Waals surface area contributed by atoms with E-state index in [0.29, 0.717) is 42.3 Å². The zero-order valence-electron chi connectivity index (χ0n) is 18.1. The van der Waals surface area contributed by atoms with Crippen LogP contribution in [0.15, 0.2) is 30.6 Å². The molecule has 12 heteroatoms. The molecule has 1 aromatic carbocycles. The number of rotatable bonds is 3. The maximum Gasteiger partial charge on any atom is 0.419 e. The molecule has 2 aliphatic rings. The van der Waals surface area contributed by atoms with E-state index in [1.807, 2.05) is 0 Å². The van der Waals surface area contributed by atoms with Gasteiger partial charge >= 0.3 is 6.18 Å². The molecule has 1 aromatic heterocycles. The minimum atomic E-state index is -4.57. The van der Waals surface area contributed by atoms with E-state index >= 15 is 0 Å². The Morgan fingerprint density at radius 1 is 1.06 bits per heavy atom. The van der Waals surface area contributed by atoms with Gasteiger partial charge in [-0.2, -0.15) is 13.2 Å². The Bertz CT molecular complexity index is 1160. The molecule has 2 aromatic rings. The Morgan fingerprint density at radius 2 is 1.71 bits per heavy atom. The number of carbonyl (C=O) groups is 1. The first-order valence-corrected chi connectivity index (χ1v) is 12.7. The van der Waals surface area contributed by atoms with E-state index in [4.69, 9.17) is 0 Å². The Balaban J connectivity index is 1.60. The molecule has 2 saturated heterocycles.